The van der Waals surface area contributed by atoms with E-state index in [2.05, 4.69) is 20.5 Å². The number of thiocarbonyl (C=S) groups is 1. The Morgan fingerprint density at radius 2 is 1.92 bits per heavy atom. The van der Waals surface area contributed by atoms with Crippen LogP contribution in [-0.2, 0) is 9.59 Å². The average molecular weight is 359 g/mol. The van der Waals surface area contributed by atoms with Gasteiger partial charge < -0.3 is 10.6 Å². The van der Waals surface area contributed by atoms with E-state index < -0.39 is 11.8 Å². The Morgan fingerprint density at radius 3 is 2.64 bits per heavy atom. The molecule has 3 rings (SSSR count). The van der Waals surface area contributed by atoms with Crippen LogP contribution >= 0.6 is 12.2 Å². The summed E-state index contributed by atoms with van der Waals surface area (Å²) in [4.78, 5) is 32.8. The lowest BCUT2D eigenvalue weighted by atomic mass is 10.1. The van der Waals surface area contributed by atoms with Gasteiger partial charge in [0.25, 0.3) is 5.91 Å². The first-order valence-electron chi connectivity index (χ1n) is 8.33. The maximum Gasteiger partial charge on any atom is 0.251 e. The van der Waals surface area contributed by atoms with Crippen molar-refractivity contribution < 1.29 is 9.59 Å². The zero-order valence-electron chi connectivity index (χ0n) is 13.9. The van der Waals surface area contributed by atoms with E-state index in [9.17, 15) is 9.59 Å². The Morgan fingerprint density at radius 1 is 1.20 bits per heavy atom. The zero-order valence-corrected chi connectivity index (χ0v) is 14.7. The summed E-state index contributed by atoms with van der Waals surface area (Å²) in [6.45, 7) is 5.34. The van der Waals surface area contributed by atoms with Crippen LogP contribution < -0.4 is 15.5 Å². The second-order valence-corrected chi connectivity index (χ2v) is 6.31. The molecule has 0 aliphatic carbocycles. The summed E-state index contributed by atoms with van der Waals surface area (Å²) in [6, 6.07) is 9.05. The summed E-state index contributed by atoms with van der Waals surface area (Å²) in [6.07, 6.45) is 1.44. The molecule has 2 amide bonds. The van der Waals surface area contributed by atoms with Gasteiger partial charge in [-0.05, 0) is 24.4 Å². The molecular formula is C17H21N5O2S. The number of nitrogens with one attached hydrogen (secondary N) is 2. The molecule has 2 fully saturated rings. The number of nitrogens with zero attached hydrogens (tertiary/aromatic N) is 3. The zero-order chi connectivity index (χ0) is 17.6. The SMILES string of the molecule is O=C1NC(=S)N(c2ccccc2)C(=O)[C@H]1C=NCCN1CCNCC1. The highest BCUT2D eigenvalue weighted by atomic mass is 32.1. The van der Waals surface area contributed by atoms with Gasteiger partial charge in [0.1, 0.15) is 0 Å². The maximum atomic E-state index is 12.7. The molecule has 8 heteroatoms. The molecule has 2 saturated heterocycles. The van der Waals surface area contributed by atoms with Crippen LogP contribution in [0.3, 0.4) is 0 Å². The van der Waals surface area contributed by atoms with Crippen molar-refractivity contribution in [3.63, 3.8) is 0 Å². The quantitative estimate of drug-likeness (QED) is 0.441. The number of para-hydroxylation sites is 1. The number of rotatable bonds is 5. The van der Waals surface area contributed by atoms with E-state index >= 15 is 0 Å². The van der Waals surface area contributed by atoms with Crippen LogP contribution in [0.15, 0.2) is 35.3 Å². The highest BCUT2D eigenvalue weighted by Crippen LogP contribution is 2.19. The summed E-state index contributed by atoms with van der Waals surface area (Å²) in [5, 5.41) is 5.99. The van der Waals surface area contributed by atoms with Gasteiger partial charge in [0.15, 0.2) is 11.0 Å². The van der Waals surface area contributed by atoms with Gasteiger partial charge in [-0.1, -0.05) is 18.2 Å². The molecule has 132 valence electrons. The van der Waals surface area contributed by atoms with Crippen LogP contribution in [0, 0.1) is 5.92 Å². The Hall–Kier alpha value is -2.16. The Balaban J connectivity index is 1.63. The summed E-state index contributed by atoms with van der Waals surface area (Å²) in [7, 11) is 0. The lowest BCUT2D eigenvalue weighted by Gasteiger charge is -2.31. The minimum atomic E-state index is -0.949. The fourth-order valence-corrected chi connectivity index (χ4v) is 3.15. The Kier molecular flexibility index (Phi) is 5.85. The standard InChI is InChI=1S/C17H21N5O2S/c23-15-14(12-19-8-11-21-9-6-18-7-10-21)16(24)22(17(25)20-15)13-4-2-1-3-5-13/h1-5,12,14,18H,6-11H2,(H,20,23,25)/t14-/m0/s1. The molecule has 0 aromatic heterocycles. The van der Waals surface area contributed by atoms with E-state index in [1.54, 1.807) is 12.1 Å². The van der Waals surface area contributed by atoms with Gasteiger partial charge in [-0.2, -0.15) is 0 Å². The van der Waals surface area contributed by atoms with Crippen LogP contribution in [0.2, 0.25) is 0 Å². The molecule has 0 spiro atoms. The number of hydrogen-bond donors (Lipinski definition) is 2. The van der Waals surface area contributed by atoms with Crippen molar-refractivity contribution in [3.05, 3.63) is 30.3 Å². The molecule has 1 aromatic rings. The molecule has 0 radical (unpaired) electrons. The van der Waals surface area contributed by atoms with Crippen molar-refractivity contribution >= 4 is 41.0 Å². The highest BCUT2D eigenvalue weighted by molar-refractivity contribution is 7.80. The molecule has 1 atom stereocenters. The maximum absolute atomic E-state index is 12.7. The van der Waals surface area contributed by atoms with Gasteiger partial charge in [-0.15, -0.1) is 0 Å². The third kappa shape index (κ3) is 4.28. The number of benzene rings is 1. The van der Waals surface area contributed by atoms with Crippen LogP contribution in [0.5, 0.6) is 0 Å². The number of carbonyl (C=O) groups is 2. The molecular weight excluding hydrogens is 338 g/mol. The third-order valence-electron chi connectivity index (χ3n) is 4.23. The molecule has 1 aromatic carbocycles. The molecule has 0 unspecified atom stereocenters. The first kappa shape index (κ1) is 17.7. The lowest BCUT2D eigenvalue weighted by Crippen LogP contribution is -2.58. The predicted molar refractivity (Wildman–Crippen MR) is 101 cm³/mol. The Labute approximate surface area is 152 Å². The minimum Gasteiger partial charge on any atom is -0.314 e. The topological polar surface area (TPSA) is 77.0 Å². The van der Waals surface area contributed by atoms with E-state index in [0.29, 0.717) is 12.2 Å². The first-order valence-corrected chi connectivity index (χ1v) is 8.74. The summed E-state index contributed by atoms with van der Waals surface area (Å²) in [5.74, 6) is -1.74. The molecule has 25 heavy (non-hydrogen) atoms. The lowest BCUT2D eigenvalue weighted by molar-refractivity contribution is -0.130. The van der Waals surface area contributed by atoms with E-state index in [4.69, 9.17) is 12.2 Å². The van der Waals surface area contributed by atoms with Gasteiger partial charge in [-0.3, -0.25) is 24.4 Å². The fraction of sp³-hybridized carbons (Fsp3) is 0.412. The normalized spacial score (nSPS) is 22.5. The fourth-order valence-electron chi connectivity index (χ4n) is 2.86. The molecule has 2 aliphatic heterocycles. The van der Waals surface area contributed by atoms with E-state index in [1.807, 2.05) is 18.2 Å². The number of piperazine rings is 1. The molecule has 0 bridgehead atoms. The predicted octanol–water partition coefficient (Wildman–Crippen LogP) is 0.0265. The highest BCUT2D eigenvalue weighted by Gasteiger charge is 2.38. The number of aliphatic imine (C=N–C) groups is 1. The van der Waals surface area contributed by atoms with Crippen molar-refractivity contribution in [2.75, 3.05) is 44.2 Å². The molecule has 0 saturated carbocycles. The molecule has 7 nitrogen and oxygen atoms in total. The van der Waals surface area contributed by atoms with E-state index in [1.165, 1.54) is 11.1 Å². The summed E-state index contributed by atoms with van der Waals surface area (Å²) in [5.41, 5.74) is 0.636. The van der Waals surface area contributed by atoms with Crippen LogP contribution in [0.1, 0.15) is 0 Å². The van der Waals surface area contributed by atoms with E-state index in [0.717, 1.165) is 32.7 Å². The minimum absolute atomic E-state index is 0.103. The number of carbonyl (C=O) groups excluding carboxylic acids is 2. The number of amides is 2. The van der Waals surface area contributed by atoms with Gasteiger partial charge in [0, 0.05) is 38.9 Å². The van der Waals surface area contributed by atoms with Crippen molar-refractivity contribution in [2.45, 2.75) is 0 Å². The molecule has 2 aliphatic rings. The van der Waals surface area contributed by atoms with Crippen molar-refractivity contribution in [2.24, 2.45) is 10.9 Å². The average Bonchev–Trinajstić information content (AvgIpc) is 2.62. The van der Waals surface area contributed by atoms with Gasteiger partial charge in [0.2, 0.25) is 5.91 Å². The van der Waals surface area contributed by atoms with Crippen molar-refractivity contribution in [1.82, 2.24) is 15.5 Å². The van der Waals surface area contributed by atoms with Crippen molar-refractivity contribution in [3.8, 4) is 0 Å². The van der Waals surface area contributed by atoms with Crippen LogP contribution in [0.25, 0.3) is 0 Å². The third-order valence-corrected chi connectivity index (χ3v) is 4.51. The molecule has 2 heterocycles. The van der Waals surface area contributed by atoms with Crippen LogP contribution in [-0.4, -0.2) is 67.3 Å². The van der Waals surface area contributed by atoms with E-state index in [-0.39, 0.29) is 11.0 Å². The second kappa shape index (κ2) is 8.28. The molecule has 2 N–H and O–H groups in total. The summed E-state index contributed by atoms with van der Waals surface area (Å²) >= 11 is 5.15. The summed E-state index contributed by atoms with van der Waals surface area (Å²) < 4.78 is 0. The Bertz CT molecular complexity index is 673. The van der Waals surface area contributed by atoms with Crippen LogP contribution in [0.4, 0.5) is 5.69 Å². The smallest absolute Gasteiger partial charge is 0.251 e. The number of anilines is 1. The van der Waals surface area contributed by atoms with Gasteiger partial charge in [0.05, 0.1) is 12.2 Å². The van der Waals surface area contributed by atoms with Crippen molar-refractivity contribution in [1.29, 1.82) is 0 Å². The largest absolute Gasteiger partial charge is 0.314 e. The monoisotopic (exact) mass is 359 g/mol. The number of hydrogen-bond acceptors (Lipinski definition) is 6. The second-order valence-electron chi connectivity index (χ2n) is 5.93. The van der Waals surface area contributed by atoms with Gasteiger partial charge in [-0.25, -0.2) is 0 Å². The van der Waals surface area contributed by atoms with Gasteiger partial charge >= 0.3 is 0 Å². The first-order chi connectivity index (χ1) is 12.2.